The van der Waals surface area contributed by atoms with Crippen LogP contribution < -0.4 is 47.9 Å². The standard InChI is InChI=1S/C6H8O7.2Li/c7-4(8)1-3(6(11)12)13-2-5(9)10;;/h3H,1-2H2,(H,7,8)(H,9,10)(H,11,12);;/q;2*+1/p-2. The predicted molar refractivity (Wildman–Crippen MR) is 32.0 cm³/mol. The summed E-state index contributed by atoms with van der Waals surface area (Å²) in [5.74, 6) is -4.84. The van der Waals surface area contributed by atoms with Gasteiger partial charge in [0.05, 0.1) is 5.97 Å². The molecule has 0 heterocycles. The van der Waals surface area contributed by atoms with Crippen LogP contribution in [0.3, 0.4) is 0 Å². The van der Waals surface area contributed by atoms with E-state index in [0.29, 0.717) is 0 Å². The van der Waals surface area contributed by atoms with Gasteiger partial charge >= 0.3 is 43.7 Å². The van der Waals surface area contributed by atoms with Crippen molar-refractivity contribution in [1.29, 1.82) is 0 Å². The Balaban J connectivity index is -0.000000720. The van der Waals surface area contributed by atoms with Crippen LogP contribution in [0.1, 0.15) is 6.42 Å². The summed E-state index contributed by atoms with van der Waals surface area (Å²) < 4.78 is 4.19. The molecule has 0 spiro atoms. The van der Waals surface area contributed by atoms with Gasteiger partial charge in [0.2, 0.25) is 0 Å². The average molecular weight is 204 g/mol. The second-order valence-electron chi connectivity index (χ2n) is 2.09. The molecule has 0 rings (SSSR count). The van der Waals surface area contributed by atoms with Gasteiger partial charge in [-0.2, -0.15) is 0 Å². The maximum Gasteiger partial charge on any atom is 1.00 e. The quantitative estimate of drug-likeness (QED) is 0.425. The van der Waals surface area contributed by atoms with Crippen molar-refractivity contribution in [2.24, 2.45) is 0 Å². The summed E-state index contributed by atoms with van der Waals surface area (Å²) >= 11 is 0. The number of carbonyl (C=O) groups is 3. The van der Waals surface area contributed by atoms with E-state index in [1.54, 1.807) is 0 Å². The second kappa shape index (κ2) is 10.1. The van der Waals surface area contributed by atoms with Gasteiger partial charge in [0.25, 0.3) is 0 Å². The molecule has 15 heavy (non-hydrogen) atoms. The van der Waals surface area contributed by atoms with E-state index in [1.807, 2.05) is 0 Å². The zero-order valence-electron chi connectivity index (χ0n) is 8.39. The summed E-state index contributed by atoms with van der Waals surface area (Å²) in [6.45, 7) is -0.897. The fourth-order valence-corrected chi connectivity index (χ4v) is 0.534. The average Bonchev–Trinajstić information content (AvgIpc) is 1.96. The Morgan fingerprint density at radius 3 is 1.93 bits per heavy atom. The summed E-state index contributed by atoms with van der Waals surface area (Å²) in [6.07, 6.45) is -2.73. The monoisotopic (exact) mass is 204 g/mol. The molecular weight excluding hydrogens is 198 g/mol. The van der Waals surface area contributed by atoms with Crippen molar-refractivity contribution in [3.05, 3.63) is 0 Å². The molecular formula is C6H6Li2O7. The van der Waals surface area contributed by atoms with Crippen LogP contribution in [-0.4, -0.2) is 35.7 Å². The van der Waals surface area contributed by atoms with Crippen molar-refractivity contribution < 1.29 is 72.2 Å². The molecule has 9 heteroatoms. The number of carbonyl (C=O) groups excluding carboxylic acids is 2. The van der Waals surface area contributed by atoms with Gasteiger partial charge in [-0.05, 0) is 0 Å². The van der Waals surface area contributed by atoms with Gasteiger partial charge in [-0.25, -0.2) is 4.79 Å². The first-order chi connectivity index (χ1) is 5.93. The summed E-state index contributed by atoms with van der Waals surface area (Å²) in [7, 11) is 0. The number of hydrogen-bond acceptors (Lipinski definition) is 6. The third-order valence-electron chi connectivity index (χ3n) is 1.02. The minimum Gasteiger partial charge on any atom is -0.550 e. The van der Waals surface area contributed by atoms with Crippen LogP contribution in [-0.2, 0) is 19.1 Å². The van der Waals surface area contributed by atoms with Crippen LogP contribution in [0.5, 0.6) is 0 Å². The van der Waals surface area contributed by atoms with Crippen LogP contribution in [0, 0.1) is 0 Å². The third-order valence-corrected chi connectivity index (χ3v) is 1.02. The topological polar surface area (TPSA) is 127 Å². The zero-order valence-corrected chi connectivity index (χ0v) is 8.39. The first kappa shape index (κ1) is 20.0. The number of carboxylic acid groups (broad SMARTS) is 3. The SMILES string of the molecule is O=C([O-])CC(OCC(=O)O)C(=O)[O-].[Li+].[Li+]. The van der Waals surface area contributed by atoms with Gasteiger partial charge in [0, 0.05) is 12.4 Å². The number of ether oxygens (including phenoxy) is 1. The third kappa shape index (κ3) is 11.5. The molecule has 0 saturated heterocycles. The predicted octanol–water partition coefficient (Wildman–Crippen LogP) is -9.65. The summed E-state index contributed by atoms with van der Waals surface area (Å²) in [4.78, 5) is 30.0. The Labute approximate surface area is 109 Å². The molecule has 0 aliphatic carbocycles. The molecule has 0 saturated carbocycles. The first-order valence-electron chi connectivity index (χ1n) is 3.17. The van der Waals surface area contributed by atoms with E-state index in [0.717, 1.165) is 0 Å². The maximum absolute atomic E-state index is 10.1. The number of carboxylic acids is 3. The van der Waals surface area contributed by atoms with Crippen molar-refractivity contribution in [2.75, 3.05) is 6.61 Å². The molecule has 0 aromatic carbocycles. The Bertz CT molecular complexity index is 230. The summed E-state index contributed by atoms with van der Waals surface area (Å²) in [6, 6.07) is 0. The summed E-state index contributed by atoms with van der Waals surface area (Å²) in [5, 5.41) is 28.1. The van der Waals surface area contributed by atoms with Crippen molar-refractivity contribution in [3.63, 3.8) is 0 Å². The zero-order chi connectivity index (χ0) is 10.4. The van der Waals surface area contributed by atoms with Crippen LogP contribution >= 0.6 is 0 Å². The van der Waals surface area contributed by atoms with E-state index in [-0.39, 0.29) is 37.7 Å². The van der Waals surface area contributed by atoms with E-state index in [1.165, 1.54) is 0 Å². The van der Waals surface area contributed by atoms with E-state index < -0.39 is 37.0 Å². The molecule has 0 aliphatic heterocycles. The molecule has 1 N–H and O–H groups in total. The van der Waals surface area contributed by atoms with E-state index >= 15 is 0 Å². The Morgan fingerprint density at radius 1 is 1.20 bits per heavy atom. The maximum atomic E-state index is 10.1. The smallest absolute Gasteiger partial charge is 0.550 e. The van der Waals surface area contributed by atoms with Gasteiger partial charge in [-0.1, -0.05) is 0 Å². The van der Waals surface area contributed by atoms with Crippen LogP contribution in [0.15, 0.2) is 0 Å². The van der Waals surface area contributed by atoms with Gasteiger partial charge in [0.1, 0.15) is 12.7 Å². The van der Waals surface area contributed by atoms with E-state index in [4.69, 9.17) is 5.11 Å². The van der Waals surface area contributed by atoms with Crippen molar-refractivity contribution in [3.8, 4) is 0 Å². The number of rotatable bonds is 6. The molecule has 7 nitrogen and oxygen atoms in total. The first-order valence-corrected chi connectivity index (χ1v) is 3.17. The molecule has 0 fully saturated rings. The van der Waals surface area contributed by atoms with Crippen molar-refractivity contribution in [1.82, 2.24) is 0 Å². The Hall–Kier alpha value is -0.435. The van der Waals surface area contributed by atoms with Crippen LogP contribution in [0.2, 0.25) is 0 Å². The van der Waals surface area contributed by atoms with E-state index in [2.05, 4.69) is 4.74 Å². The molecule has 0 amide bonds. The molecule has 1 atom stereocenters. The molecule has 0 aromatic rings. The molecule has 1 unspecified atom stereocenters. The molecule has 0 radical (unpaired) electrons. The largest absolute Gasteiger partial charge is 1.00 e. The summed E-state index contributed by atoms with van der Waals surface area (Å²) in [5.41, 5.74) is 0. The van der Waals surface area contributed by atoms with Crippen LogP contribution in [0.4, 0.5) is 0 Å². The molecule has 0 aliphatic rings. The molecule has 74 valence electrons. The minimum atomic E-state index is -1.79. The van der Waals surface area contributed by atoms with Crippen molar-refractivity contribution >= 4 is 17.9 Å². The number of hydrogen-bond donors (Lipinski definition) is 1. The van der Waals surface area contributed by atoms with Gasteiger partial charge in [-0.3, -0.25) is 0 Å². The normalized spacial score (nSPS) is 10.4. The van der Waals surface area contributed by atoms with Gasteiger partial charge in [0.15, 0.2) is 0 Å². The Morgan fingerprint density at radius 2 is 1.67 bits per heavy atom. The van der Waals surface area contributed by atoms with Crippen molar-refractivity contribution in [2.45, 2.75) is 12.5 Å². The second-order valence-corrected chi connectivity index (χ2v) is 2.09. The molecule has 0 bridgehead atoms. The fraction of sp³-hybridized carbons (Fsp3) is 0.500. The minimum absolute atomic E-state index is 0. The van der Waals surface area contributed by atoms with E-state index in [9.17, 15) is 24.6 Å². The fourth-order valence-electron chi connectivity index (χ4n) is 0.534. The Kier molecular flexibility index (Phi) is 13.5. The van der Waals surface area contributed by atoms with Crippen LogP contribution in [0.25, 0.3) is 0 Å². The molecule has 0 aromatic heterocycles. The van der Waals surface area contributed by atoms with Gasteiger partial charge < -0.3 is 29.6 Å². The number of aliphatic carboxylic acids is 3. The van der Waals surface area contributed by atoms with Gasteiger partial charge in [-0.15, -0.1) is 0 Å².